The fraction of sp³-hybridized carbons (Fsp3) is 0.529. The van der Waals surface area contributed by atoms with Crippen LogP contribution >= 0.6 is 23.2 Å². The number of rotatable bonds is 6. The molecule has 1 aliphatic carbocycles. The van der Waals surface area contributed by atoms with Gasteiger partial charge in [-0.2, -0.15) is 0 Å². The molecule has 1 aromatic carbocycles. The standard InChI is InChI=1S/C17H23Cl2N/c1-2-20-15(11-13-7-4-3-5-8-13)12-14-9-6-10-16(18)17(14)19/h6-7,9-10,15,20H,2-5,8,11-12H2,1H3. The Hall–Kier alpha value is -0.500. The van der Waals surface area contributed by atoms with Gasteiger partial charge >= 0.3 is 0 Å². The van der Waals surface area contributed by atoms with Gasteiger partial charge in [0.05, 0.1) is 10.0 Å². The SMILES string of the molecule is CCNC(CC1=CCCCC1)Cc1cccc(Cl)c1Cl. The van der Waals surface area contributed by atoms with E-state index in [2.05, 4.69) is 24.4 Å². The van der Waals surface area contributed by atoms with Crippen molar-refractivity contribution >= 4 is 23.2 Å². The summed E-state index contributed by atoms with van der Waals surface area (Å²) in [5.41, 5.74) is 2.74. The normalized spacial score (nSPS) is 16.9. The molecule has 110 valence electrons. The van der Waals surface area contributed by atoms with Gasteiger partial charge in [-0.05, 0) is 56.7 Å². The van der Waals surface area contributed by atoms with Crippen molar-refractivity contribution in [3.8, 4) is 0 Å². The Morgan fingerprint density at radius 2 is 2.05 bits per heavy atom. The van der Waals surface area contributed by atoms with Crippen LogP contribution < -0.4 is 5.32 Å². The minimum atomic E-state index is 0.445. The molecule has 1 aliphatic rings. The molecule has 1 unspecified atom stereocenters. The lowest BCUT2D eigenvalue weighted by Crippen LogP contribution is -2.31. The molecule has 0 aromatic heterocycles. The Balaban J connectivity index is 2.04. The van der Waals surface area contributed by atoms with Gasteiger partial charge < -0.3 is 5.32 Å². The van der Waals surface area contributed by atoms with Crippen molar-refractivity contribution < 1.29 is 0 Å². The summed E-state index contributed by atoms with van der Waals surface area (Å²) in [6.45, 7) is 3.14. The summed E-state index contributed by atoms with van der Waals surface area (Å²) in [7, 11) is 0. The third kappa shape index (κ3) is 4.51. The molecule has 0 aliphatic heterocycles. The van der Waals surface area contributed by atoms with Crippen LogP contribution in [-0.4, -0.2) is 12.6 Å². The van der Waals surface area contributed by atoms with E-state index in [9.17, 15) is 0 Å². The molecule has 0 radical (unpaired) electrons. The van der Waals surface area contributed by atoms with E-state index in [4.69, 9.17) is 23.2 Å². The van der Waals surface area contributed by atoms with E-state index in [1.165, 1.54) is 25.7 Å². The highest BCUT2D eigenvalue weighted by atomic mass is 35.5. The van der Waals surface area contributed by atoms with Crippen LogP contribution in [0.5, 0.6) is 0 Å². The molecular weight excluding hydrogens is 289 g/mol. The van der Waals surface area contributed by atoms with Crippen molar-refractivity contribution in [2.75, 3.05) is 6.54 Å². The third-order valence-electron chi connectivity index (χ3n) is 3.88. The minimum Gasteiger partial charge on any atom is -0.314 e. The summed E-state index contributed by atoms with van der Waals surface area (Å²) < 4.78 is 0. The van der Waals surface area contributed by atoms with Gasteiger partial charge in [-0.1, -0.05) is 53.9 Å². The van der Waals surface area contributed by atoms with E-state index < -0.39 is 0 Å². The second-order valence-electron chi connectivity index (χ2n) is 5.48. The Labute approximate surface area is 132 Å². The molecule has 1 aromatic rings. The first-order valence-electron chi connectivity index (χ1n) is 7.55. The zero-order chi connectivity index (χ0) is 14.4. The second kappa shape index (κ2) is 8.07. The van der Waals surface area contributed by atoms with Crippen LogP contribution in [0.15, 0.2) is 29.8 Å². The van der Waals surface area contributed by atoms with Gasteiger partial charge in [-0.3, -0.25) is 0 Å². The van der Waals surface area contributed by atoms with Gasteiger partial charge in [-0.25, -0.2) is 0 Å². The van der Waals surface area contributed by atoms with E-state index in [0.717, 1.165) is 24.9 Å². The summed E-state index contributed by atoms with van der Waals surface area (Å²) in [5, 5.41) is 4.94. The zero-order valence-corrected chi connectivity index (χ0v) is 13.6. The largest absolute Gasteiger partial charge is 0.314 e. The number of likely N-dealkylation sites (N-methyl/N-ethyl adjacent to an activating group) is 1. The predicted octanol–water partition coefficient (Wildman–Crippen LogP) is 5.40. The van der Waals surface area contributed by atoms with Crippen molar-refractivity contribution in [3.05, 3.63) is 45.5 Å². The number of benzene rings is 1. The molecule has 1 nitrogen and oxygen atoms in total. The van der Waals surface area contributed by atoms with Crippen LogP contribution in [0.25, 0.3) is 0 Å². The second-order valence-corrected chi connectivity index (χ2v) is 6.27. The van der Waals surface area contributed by atoms with Crippen molar-refractivity contribution in [2.45, 2.75) is 51.5 Å². The van der Waals surface area contributed by atoms with E-state index in [1.54, 1.807) is 5.57 Å². The van der Waals surface area contributed by atoms with Crippen molar-refractivity contribution in [3.63, 3.8) is 0 Å². The highest BCUT2D eigenvalue weighted by Crippen LogP contribution is 2.28. The topological polar surface area (TPSA) is 12.0 Å². The highest BCUT2D eigenvalue weighted by molar-refractivity contribution is 6.42. The fourth-order valence-corrected chi connectivity index (χ4v) is 3.28. The predicted molar refractivity (Wildman–Crippen MR) is 88.8 cm³/mol. The lowest BCUT2D eigenvalue weighted by molar-refractivity contribution is 0.504. The monoisotopic (exact) mass is 311 g/mol. The molecular formula is C17H23Cl2N. The van der Waals surface area contributed by atoms with Crippen LogP contribution in [-0.2, 0) is 6.42 Å². The number of halogens is 2. The third-order valence-corrected chi connectivity index (χ3v) is 4.74. The minimum absolute atomic E-state index is 0.445. The van der Waals surface area contributed by atoms with Crippen LogP contribution in [0.2, 0.25) is 10.0 Å². The molecule has 20 heavy (non-hydrogen) atoms. The Kier molecular flexibility index (Phi) is 6.41. The van der Waals surface area contributed by atoms with Crippen LogP contribution in [0, 0.1) is 0 Å². The quantitative estimate of drug-likeness (QED) is 0.693. The molecule has 0 saturated carbocycles. The maximum Gasteiger partial charge on any atom is 0.0624 e. The molecule has 0 spiro atoms. The maximum absolute atomic E-state index is 6.31. The molecule has 0 fully saturated rings. The molecule has 3 heteroatoms. The summed E-state index contributed by atoms with van der Waals surface area (Å²) >= 11 is 12.4. The Morgan fingerprint density at radius 3 is 2.75 bits per heavy atom. The molecule has 2 rings (SSSR count). The summed E-state index contributed by atoms with van der Waals surface area (Å²) in [6, 6.07) is 6.35. The van der Waals surface area contributed by atoms with Gasteiger partial charge in [0.2, 0.25) is 0 Å². The first-order valence-corrected chi connectivity index (χ1v) is 8.30. The lowest BCUT2D eigenvalue weighted by Gasteiger charge is -2.22. The summed E-state index contributed by atoms with van der Waals surface area (Å²) in [4.78, 5) is 0. The van der Waals surface area contributed by atoms with Gasteiger partial charge in [0.25, 0.3) is 0 Å². The van der Waals surface area contributed by atoms with Crippen LogP contribution in [0.1, 0.15) is 44.6 Å². The summed E-state index contributed by atoms with van der Waals surface area (Å²) in [6.07, 6.45) is 9.66. The smallest absolute Gasteiger partial charge is 0.0624 e. The van der Waals surface area contributed by atoms with E-state index >= 15 is 0 Å². The van der Waals surface area contributed by atoms with Crippen molar-refractivity contribution in [1.29, 1.82) is 0 Å². The van der Waals surface area contributed by atoms with Gasteiger partial charge in [0.1, 0.15) is 0 Å². The van der Waals surface area contributed by atoms with E-state index in [-0.39, 0.29) is 0 Å². The first kappa shape index (κ1) is 15.9. The van der Waals surface area contributed by atoms with Crippen molar-refractivity contribution in [1.82, 2.24) is 5.32 Å². The molecule has 0 amide bonds. The molecule has 0 saturated heterocycles. The van der Waals surface area contributed by atoms with Crippen LogP contribution in [0.3, 0.4) is 0 Å². The van der Waals surface area contributed by atoms with Crippen molar-refractivity contribution in [2.24, 2.45) is 0 Å². The number of hydrogen-bond donors (Lipinski definition) is 1. The van der Waals surface area contributed by atoms with Gasteiger partial charge in [0, 0.05) is 6.04 Å². The molecule has 0 bridgehead atoms. The average molecular weight is 312 g/mol. The number of hydrogen-bond acceptors (Lipinski definition) is 1. The average Bonchev–Trinajstić information content (AvgIpc) is 2.45. The van der Waals surface area contributed by atoms with Gasteiger partial charge in [-0.15, -0.1) is 0 Å². The lowest BCUT2D eigenvalue weighted by atomic mass is 9.92. The van der Waals surface area contributed by atoms with E-state index in [0.29, 0.717) is 16.1 Å². The number of allylic oxidation sites excluding steroid dienone is 1. The molecule has 0 heterocycles. The Bertz CT molecular complexity index is 468. The first-order chi connectivity index (χ1) is 9.70. The van der Waals surface area contributed by atoms with Crippen LogP contribution in [0.4, 0.5) is 0 Å². The maximum atomic E-state index is 6.31. The molecule has 1 atom stereocenters. The number of nitrogens with one attached hydrogen (secondary N) is 1. The Morgan fingerprint density at radius 1 is 1.20 bits per heavy atom. The van der Waals surface area contributed by atoms with E-state index in [1.807, 2.05) is 12.1 Å². The zero-order valence-electron chi connectivity index (χ0n) is 12.1. The summed E-state index contributed by atoms with van der Waals surface area (Å²) in [5.74, 6) is 0. The molecule has 1 N–H and O–H groups in total. The highest BCUT2D eigenvalue weighted by Gasteiger charge is 2.15. The van der Waals surface area contributed by atoms with Gasteiger partial charge in [0.15, 0.2) is 0 Å². The fourth-order valence-electron chi connectivity index (χ4n) is 2.88.